The number of aryl methyl sites for hydroxylation is 1. The van der Waals surface area contributed by atoms with Gasteiger partial charge in [-0.3, -0.25) is 14.4 Å². The molecule has 0 aromatic carbocycles. The van der Waals surface area contributed by atoms with Crippen molar-refractivity contribution >= 4 is 11.7 Å². The molecule has 0 unspecified atom stereocenters. The highest BCUT2D eigenvalue weighted by atomic mass is 16.3. The number of nitrogens with zero attached hydrogens (tertiary/aromatic N) is 3. The lowest BCUT2D eigenvalue weighted by Crippen LogP contribution is -2.56. The molecule has 1 aromatic rings. The fraction of sp³-hybridized carbons (Fsp3) is 0.714. The number of hydrogen-bond acceptors (Lipinski definition) is 4. The summed E-state index contributed by atoms with van der Waals surface area (Å²) in [6.45, 7) is 7.71. The molecular formula is C14H24N4O2. The van der Waals surface area contributed by atoms with Crippen LogP contribution < -0.4 is 5.32 Å². The number of amides is 1. The van der Waals surface area contributed by atoms with Crippen molar-refractivity contribution in [3.8, 4) is 0 Å². The lowest BCUT2D eigenvalue weighted by Gasteiger charge is -2.48. The van der Waals surface area contributed by atoms with E-state index in [1.165, 1.54) is 0 Å². The van der Waals surface area contributed by atoms with Gasteiger partial charge in [-0.15, -0.1) is 0 Å². The third kappa shape index (κ3) is 3.19. The molecule has 0 radical (unpaired) electrons. The van der Waals surface area contributed by atoms with Crippen molar-refractivity contribution in [2.24, 2.45) is 12.5 Å². The zero-order valence-electron chi connectivity index (χ0n) is 12.7. The number of nitrogens with one attached hydrogen (secondary N) is 1. The molecule has 1 aromatic heterocycles. The second-order valence-electron chi connectivity index (χ2n) is 6.54. The maximum atomic E-state index is 12.0. The van der Waals surface area contributed by atoms with Gasteiger partial charge in [0.2, 0.25) is 5.91 Å². The molecule has 1 saturated heterocycles. The summed E-state index contributed by atoms with van der Waals surface area (Å²) < 4.78 is 1.65. The van der Waals surface area contributed by atoms with E-state index in [0.717, 1.165) is 6.54 Å². The summed E-state index contributed by atoms with van der Waals surface area (Å²) in [5.41, 5.74) is -0.905. The molecule has 2 rings (SSSR count). The Morgan fingerprint density at radius 2 is 2.20 bits per heavy atom. The molecule has 0 bridgehead atoms. The first-order valence-electron chi connectivity index (χ1n) is 6.94. The van der Waals surface area contributed by atoms with E-state index >= 15 is 0 Å². The number of carbonyl (C=O) groups is 1. The van der Waals surface area contributed by atoms with E-state index in [-0.39, 0.29) is 11.3 Å². The lowest BCUT2D eigenvalue weighted by molar-refractivity contribution is -0.125. The van der Waals surface area contributed by atoms with Gasteiger partial charge in [-0.25, -0.2) is 0 Å². The molecule has 2 heterocycles. The highest BCUT2D eigenvalue weighted by Gasteiger charge is 2.44. The molecule has 1 aliphatic rings. The average molecular weight is 280 g/mol. The fourth-order valence-electron chi connectivity index (χ4n) is 2.52. The van der Waals surface area contributed by atoms with Crippen LogP contribution in [0.15, 0.2) is 12.3 Å². The first-order valence-corrected chi connectivity index (χ1v) is 6.94. The van der Waals surface area contributed by atoms with Gasteiger partial charge < -0.3 is 10.4 Å². The lowest BCUT2D eigenvalue weighted by atomic mass is 9.71. The van der Waals surface area contributed by atoms with E-state index in [0.29, 0.717) is 25.3 Å². The Bertz CT molecular complexity index is 493. The van der Waals surface area contributed by atoms with Gasteiger partial charge >= 0.3 is 0 Å². The first-order chi connectivity index (χ1) is 9.19. The van der Waals surface area contributed by atoms with Crippen LogP contribution in [-0.4, -0.2) is 50.9 Å². The van der Waals surface area contributed by atoms with Crippen molar-refractivity contribution in [1.82, 2.24) is 14.7 Å². The van der Waals surface area contributed by atoms with Crippen LogP contribution in [0.1, 0.15) is 27.2 Å². The van der Waals surface area contributed by atoms with Crippen LogP contribution in [0, 0.1) is 5.41 Å². The Balaban J connectivity index is 1.89. The largest absolute Gasteiger partial charge is 0.390 e. The van der Waals surface area contributed by atoms with Crippen LogP contribution in [0.3, 0.4) is 0 Å². The van der Waals surface area contributed by atoms with Gasteiger partial charge in [-0.2, -0.15) is 5.10 Å². The number of likely N-dealkylation sites (tertiary alicyclic amines) is 1. The number of aromatic nitrogens is 2. The molecule has 2 N–H and O–H groups in total. The zero-order chi connectivity index (χ0) is 15.0. The second-order valence-corrected chi connectivity index (χ2v) is 6.54. The zero-order valence-corrected chi connectivity index (χ0v) is 12.7. The van der Waals surface area contributed by atoms with Crippen LogP contribution in [0.2, 0.25) is 0 Å². The van der Waals surface area contributed by atoms with Crippen molar-refractivity contribution in [2.75, 3.05) is 25.0 Å². The van der Waals surface area contributed by atoms with Crippen LogP contribution in [0.5, 0.6) is 0 Å². The van der Waals surface area contributed by atoms with Crippen molar-refractivity contribution in [3.05, 3.63) is 12.3 Å². The maximum absolute atomic E-state index is 12.0. The minimum atomic E-state index is -0.680. The average Bonchev–Trinajstić information content (AvgIpc) is 2.69. The number of rotatable bonds is 3. The predicted molar refractivity (Wildman–Crippen MR) is 77.3 cm³/mol. The highest BCUT2D eigenvalue weighted by Crippen LogP contribution is 2.37. The summed E-state index contributed by atoms with van der Waals surface area (Å²) >= 11 is 0. The molecule has 1 atom stereocenters. The van der Waals surface area contributed by atoms with E-state index in [9.17, 15) is 9.90 Å². The number of aliphatic hydroxyl groups is 1. The van der Waals surface area contributed by atoms with Crippen molar-refractivity contribution in [3.63, 3.8) is 0 Å². The summed E-state index contributed by atoms with van der Waals surface area (Å²) in [7, 11) is 1.81. The van der Waals surface area contributed by atoms with Crippen LogP contribution in [0.25, 0.3) is 0 Å². The molecule has 1 aliphatic heterocycles. The Kier molecular flexibility index (Phi) is 3.88. The van der Waals surface area contributed by atoms with E-state index < -0.39 is 5.60 Å². The first kappa shape index (κ1) is 15.0. The standard InChI is InChI=1S/C14H24N4O2/c1-13(2)10-18(8-6-14(13,3)20)9-12(19)15-11-5-7-17(4)16-11/h5,7,20H,6,8-10H2,1-4H3,(H,15,16,19)/t14-/m1/s1. The van der Waals surface area contributed by atoms with Gasteiger partial charge in [0.25, 0.3) is 0 Å². The molecule has 0 spiro atoms. The topological polar surface area (TPSA) is 70.4 Å². The van der Waals surface area contributed by atoms with E-state index in [1.807, 2.05) is 27.8 Å². The molecule has 20 heavy (non-hydrogen) atoms. The Morgan fingerprint density at radius 1 is 1.50 bits per heavy atom. The Labute approximate surface area is 119 Å². The molecular weight excluding hydrogens is 256 g/mol. The van der Waals surface area contributed by atoms with Crippen molar-refractivity contribution in [1.29, 1.82) is 0 Å². The predicted octanol–water partition coefficient (Wildman–Crippen LogP) is 0.841. The second kappa shape index (κ2) is 5.18. The maximum Gasteiger partial charge on any atom is 0.239 e. The van der Waals surface area contributed by atoms with Gasteiger partial charge in [-0.1, -0.05) is 13.8 Å². The van der Waals surface area contributed by atoms with Crippen molar-refractivity contribution < 1.29 is 9.90 Å². The molecule has 1 amide bonds. The normalized spacial score (nSPS) is 26.4. The molecule has 0 aliphatic carbocycles. The van der Waals surface area contributed by atoms with Gasteiger partial charge in [0.15, 0.2) is 5.82 Å². The van der Waals surface area contributed by atoms with E-state index in [4.69, 9.17) is 0 Å². The van der Waals surface area contributed by atoms with Gasteiger partial charge in [0, 0.05) is 37.8 Å². The van der Waals surface area contributed by atoms with Gasteiger partial charge in [-0.05, 0) is 13.3 Å². The highest BCUT2D eigenvalue weighted by molar-refractivity contribution is 5.91. The number of hydrogen-bond donors (Lipinski definition) is 2. The SMILES string of the molecule is Cn1ccc(NC(=O)CN2CC[C@@](C)(O)C(C)(C)C2)n1. The summed E-state index contributed by atoms with van der Waals surface area (Å²) in [5.74, 6) is 0.502. The number of piperidine rings is 1. The Hall–Kier alpha value is -1.40. The third-order valence-electron chi connectivity index (χ3n) is 4.34. The minimum Gasteiger partial charge on any atom is -0.390 e. The van der Waals surface area contributed by atoms with Crippen LogP contribution in [0.4, 0.5) is 5.82 Å². The summed E-state index contributed by atoms with van der Waals surface area (Å²) in [6, 6.07) is 1.77. The van der Waals surface area contributed by atoms with Gasteiger partial charge in [0.05, 0.1) is 12.1 Å². The molecule has 1 fully saturated rings. The van der Waals surface area contributed by atoms with Crippen molar-refractivity contribution in [2.45, 2.75) is 32.8 Å². The summed E-state index contributed by atoms with van der Waals surface area (Å²) in [5, 5.41) is 17.3. The molecule has 6 nitrogen and oxygen atoms in total. The van der Waals surface area contributed by atoms with Crippen LogP contribution in [-0.2, 0) is 11.8 Å². The summed E-state index contributed by atoms with van der Waals surface area (Å²) in [6.07, 6.45) is 2.47. The quantitative estimate of drug-likeness (QED) is 0.861. The fourth-order valence-corrected chi connectivity index (χ4v) is 2.52. The molecule has 112 valence electrons. The number of anilines is 1. The Morgan fingerprint density at radius 3 is 2.75 bits per heavy atom. The molecule has 0 saturated carbocycles. The van der Waals surface area contributed by atoms with Crippen LogP contribution >= 0.6 is 0 Å². The minimum absolute atomic E-state index is 0.0685. The van der Waals surface area contributed by atoms with Gasteiger partial charge in [0.1, 0.15) is 0 Å². The molecule has 6 heteroatoms. The number of carbonyl (C=O) groups excluding carboxylic acids is 1. The monoisotopic (exact) mass is 280 g/mol. The van der Waals surface area contributed by atoms with E-state index in [1.54, 1.807) is 16.9 Å². The van der Waals surface area contributed by atoms with E-state index in [2.05, 4.69) is 15.3 Å². The summed E-state index contributed by atoms with van der Waals surface area (Å²) in [4.78, 5) is 14.1. The smallest absolute Gasteiger partial charge is 0.239 e. The third-order valence-corrected chi connectivity index (χ3v) is 4.34.